The quantitative estimate of drug-likeness (QED) is 0.859. The predicted molar refractivity (Wildman–Crippen MR) is 71.6 cm³/mol. The Morgan fingerprint density at radius 1 is 1.37 bits per heavy atom. The number of methoxy groups -OCH3 is 2. The molecular formula is C14H21NO4. The Balaban J connectivity index is 2.16. The van der Waals surface area contributed by atoms with Gasteiger partial charge in [0.1, 0.15) is 11.5 Å². The van der Waals surface area contributed by atoms with Crippen LogP contribution in [0.3, 0.4) is 0 Å². The monoisotopic (exact) mass is 267 g/mol. The smallest absolute Gasteiger partial charge is 0.123 e. The minimum absolute atomic E-state index is 0.0460. The number of morpholine rings is 1. The highest BCUT2D eigenvalue weighted by molar-refractivity contribution is 5.40. The molecule has 19 heavy (non-hydrogen) atoms. The number of ether oxygens (including phenoxy) is 3. The topological polar surface area (TPSA) is 51.2 Å². The molecule has 1 N–H and O–H groups in total. The van der Waals surface area contributed by atoms with Gasteiger partial charge in [-0.15, -0.1) is 0 Å². The van der Waals surface area contributed by atoms with Crippen molar-refractivity contribution in [3.8, 4) is 11.5 Å². The third kappa shape index (κ3) is 3.37. The number of hydrogen-bond donors (Lipinski definition) is 1. The lowest BCUT2D eigenvalue weighted by molar-refractivity contribution is -0.0315. The first-order valence-electron chi connectivity index (χ1n) is 6.42. The molecule has 1 aromatic rings. The van der Waals surface area contributed by atoms with Crippen molar-refractivity contribution in [3.05, 3.63) is 23.8 Å². The van der Waals surface area contributed by atoms with Crippen molar-refractivity contribution in [3.63, 3.8) is 0 Å². The Labute approximate surface area is 113 Å². The van der Waals surface area contributed by atoms with Crippen molar-refractivity contribution in [2.75, 3.05) is 40.6 Å². The molecule has 1 aliphatic heterocycles. The summed E-state index contributed by atoms with van der Waals surface area (Å²) in [5.41, 5.74) is 1.06. The van der Waals surface area contributed by atoms with Crippen LogP contribution in [-0.4, -0.2) is 56.6 Å². The number of rotatable bonds is 5. The molecule has 1 unspecified atom stereocenters. The molecule has 0 spiro atoms. The lowest BCUT2D eigenvalue weighted by Gasteiger charge is -2.34. The summed E-state index contributed by atoms with van der Waals surface area (Å²) in [4.78, 5) is 2.21. The standard InChI is InChI=1S/C14H21NO4/c1-17-13-3-4-14(18-2)11(7-13)8-15-5-6-19-10-12(15)9-16/h3-4,7,12,16H,5-6,8-10H2,1-2H3. The van der Waals surface area contributed by atoms with E-state index in [0.29, 0.717) is 13.2 Å². The van der Waals surface area contributed by atoms with Gasteiger partial charge in [-0.05, 0) is 18.2 Å². The molecule has 0 aromatic heterocycles. The summed E-state index contributed by atoms with van der Waals surface area (Å²) < 4.78 is 16.0. The first-order valence-corrected chi connectivity index (χ1v) is 6.42. The van der Waals surface area contributed by atoms with Gasteiger partial charge >= 0.3 is 0 Å². The van der Waals surface area contributed by atoms with E-state index in [1.165, 1.54) is 0 Å². The van der Waals surface area contributed by atoms with Crippen molar-refractivity contribution in [2.24, 2.45) is 0 Å². The summed E-state index contributed by atoms with van der Waals surface area (Å²) in [5, 5.41) is 9.39. The summed E-state index contributed by atoms with van der Waals surface area (Å²) in [6.07, 6.45) is 0. The van der Waals surface area contributed by atoms with Gasteiger partial charge in [0.05, 0.1) is 40.1 Å². The average molecular weight is 267 g/mol. The van der Waals surface area contributed by atoms with Crippen LogP contribution in [-0.2, 0) is 11.3 Å². The summed E-state index contributed by atoms with van der Waals surface area (Å²) >= 11 is 0. The highest BCUT2D eigenvalue weighted by Gasteiger charge is 2.23. The van der Waals surface area contributed by atoms with E-state index < -0.39 is 0 Å². The maximum absolute atomic E-state index is 9.39. The molecule has 0 saturated carbocycles. The van der Waals surface area contributed by atoms with Crippen LogP contribution in [0.5, 0.6) is 11.5 Å². The fourth-order valence-corrected chi connectivity index (χ4v) is 2.29. The molecule has 0 radical (unpaired) electrons. The number of benzene rings is 1. The van der Waals surface area contributed by atoms with E-state index in [-0.39, 0.29) is 12.6 Å². The van der Waals surface area contributed by atoms with E-state index in [1.807, 2.05) is 18.2 Å². The van der Waals surface area contributed by atoms with Gasteiger partial charge in [-0.3, -0.25) is 4.90 Å². The Kier molecular flexibility index (Phi) is 5.01. The van der Waals surface area contributed by atoms with Gasteiger partial charge in [0.25, 0.3) is 0 Å². The molecule has 1 heterocycles. The lowest BCUT2D eigenvalue weighted by Crippen LogP contribution is -2.46. The maximum Gasteiger partial charge on any atom is 0.123 e. The molecule has 0 amide bonds. The summed E-state index contributed by atoms with van der Waals surface area (Å²) in [6, 6.07) is 5.81. The van der Waals surface area contributed by atoms with Crippen LogP contribution in [0.2, 0.25) is 0 Å². The maximum atomic E-state index is 9.39. The zero-order valence-corrected chi connectivity index (χ0v) is 11.5. The second kappa shape index (κ2) is 6.75. The van der Waals surface area contributed by atoms with E-state index >= 15 is 0 Å². The first kappa shape index (κ1) is 14.1. The highest BCUT2D eigenvalue weighted by atomic mass is 16.5. The molecule has 2 rings (SSSR count). The molecule has 1 aromatic carbocycles. The molecule has 1 atom stereocenters. The Hall–Kier alpha value is -1.30. The molecule has 5 nitrogen and oxygen atoms in total. The minimum Gasteiger partial charge on any atom is -0.497 e. The van der Waals surface area contributed by atoms with Gasteiger partial charge in [-0.1, -0.05) is 0 Å². The normalized spacial score (nSPS) is 20.3. The minimum atomic E-state index is 0.0460. The van der Waals surface area contributed by atoms with Gasteiger partial charge in [0, 0.05) is 18.7 Å². The number of hydrogen-bond acceptors (Lipinski definition) is 5. The summed E-state index contributed by atoms with van der Waals surface area (Å²) in [5.74, 6) is 1.65. The van der Waals surface area contributed by atoms with Crippen LogP contribution in [0.15, 0.2) is 18.2 Å². The fourth-order valence-electron chi connectivity index (χ4n) is 2.29. The van der Waals surface area contributed by atoms with Crippen molar-refractivity contribution >= 4 is 0 Å². The molecule has 5 heteroatoms. The van der Waals surface area contributed by atoms with Crippen LogP contribution in [0, 0.1) is 0 Å². The summed E-state index contributed by atoms with van der Waals surface area (Å²) in [6.45, 7) is 2.90. The fraction of sp³-hybridized carbons (Fsp3) is 0.571. The second-order valence-corrected chi connectivity index (χ2v) is 4.56. The van der Waals surface area contributed by atoms with Crippen LogP contribution < -0.4 is 9.47 Å². The zero-order chi connectivity index (χ0) is 13.7. The number of nitrogens with zero attached hydrogens (tertiary/aromatic N) is 1. The van der Waals surface area contributed by atoms with E-state index in [0.717, 1.165) is 30.2 Å². The lowest BCUT2D eigenvalue weighted by atomic mass is 10.1. The average Bonchev–Trinajstić information content (AvgIpc) is 2.47. The molecule has 106 valence electrons. The number of aliphatic hydroxyl groups is 1. The molecule has 0 aliphatic carbocycles. The third-order valence-electron chi connectivity index (χ3n) is 3.42. The molecule has 1 fully saturated rings. The molecule has 1 aliphatic rings. The summed E-state index contributed by atoms with van der Waals surface area (Å²) in [7, 11) is 3.31. The highest BCUT2D eigenvalue weighted by Crippen LogP contribution is 2.26. The third-order valence-corrected chi connectivity index (χ3v) is 3.42. The predicted octanol–water partition coefficient (Wildman–Crippen LogP) is 0.897. The van der Waals surface area contributed by atoms with E-state index in [4.69, 9.17) is 14.2 Å². The molecule has 1 saturated heterocycles. The van der Waals surface area contributed by atoms with E-state index in [2.05, 4.69) is 4.90 Å². The van der Waals surface area contributed by atoms with Crippen LogP contribution in [0.4, 0.5) is 0 Å². The first-order chi connectivity index (χ1) is 9.28. The molecular weight excluding hydrogens is 246 g/mol. The largest absolute Gasteiger partial charge is 0.497 e. The van der Waals surface area contributed by atoms with Gasteiger partial charge in [-0.25, -0.2) is 0 Å². The van der Waals surface area contributed by atoms with Gasteiger partial charge in [0.15, 0.2) is 0 Å². The van der Waals surface area contributed by atoms with Crippen LogP contribution >= 0.6 is 0 Å². The van der Waals surface area contributed by atoms with Crippen molar-refractivity contribution in [1.82, 2.24) is 4.90 Å². The van der Waals surface area contributed by atoms with Gasteiger partial charge in [-0.2, -0.15) is 0 Å². The zero-order valence-electron chi connectivity index (χ0n) is 11.5. The Morgan fingerprint density at radius 3 is 2.89 bits per heavy atom. The van der Waals surface area contributed by atoms with Gasteiger partial charge in [0.2, 0.25) is 0 Å². The van der Waals surface area contributed by atoms with Gasteiger partial charge < -0.3 is 19.3 Å². The van der Waals surface area contributed by atoms with E-state index in [1.54, 1.807) is 14.2 Å². The Bertz CT molecular complexity index is 410. The number of aliphatic hydroxyl groups excluding tert-OH is 1. The van der Waals surface area contributed by atoms with Crippen LogP contribution in [0.1, 0.15) is 5.56 Å². The van der Waals surface area contributed by atoms with E-state index in [9.17, 15) is 5.11 Å². The van der Waals surface area contributed by atoms with Crippen molar-refractivity contribution in [2.45, 2.75) is 12.6 Å². The van der Waals surface area contributed by atoms with Crippen LogP contribution in [0.25, 0.3) is 0 Å². The SMILES string of the molecule is COc1ccc(OC)c(CN2CCOCC2CO)c1. The second-order valence-electron chi connectivity index (χ2n) is 4.56. The van der Waals surface area contributed by atoms with Crippen molar-refractivity contribution < 1.29 is 19.3 Å². The van der Waals surface area contributed by atoms with Crippen molar-refractivity contribution in [1.29, 1.82) is 0 Å². The Morgan fingerprint density at radius 2 is 2.21 bits per heavy atom. The molecule has 0 bridgehead atoms.